The van der Waals surface area contributed by atoms with E-state index in [9.17, 15) is 13.2 Å². The molecule has 0 saturated carbocycles. The molecule has 9 heteroatoms. The minimum Gasteiger partial charge on any atom is -0.465 e. The average Bonchev–Trinajstić information content (AvgIpc) is 3.15. The van der Waals surface area contributed by atoms with E-state index in [4.69, 9.17) is 9.84 Å². The van der Waals surface area contributed by atoms with Crippen LogP contribution in [0.1, 0.15) is 21.3 Å². The lowest BCUT2D eigenvalue weighted by Crippen LogP contribution is -2.29. The van der Waals surface area contributed by atoms with Gasteiger partial charge in [-0.15, -0.1) is 11.3 Å². The van der Waals surface area contributed by atoms with Gasteiger partial charge >= 0.3 is 5.97 Å². The van der Waals surface area contributed by atoms with Gasteiger partial charge in [-0.2, -0.15) is 0 Å². The topological polar surface area (TPSA) is 102 Å². The first-order valence-electron chi connectivity index (χ1n) is 7.42. The number of benzene rings is 1. The molecule has 7 nitrogen and oxygen atoms in total. The molecule has 0 saturated heterocycles. The highest BCUT2D eigenvalue weighted by molar-refractivity contribution is 7.89. The van der Waals surface area contributed by atoms with Crippen molar-refractivity contribution in [1.82, 2.24) is 4.72 Å². The largest absolute Gasteiger partial charge is 0.465 e. The second-order valence-corrected chi connectivity index (χ2v) is 7.71. The summed E-state index contributed by atoms with van der Waals surface area (Å²) < 4.78 is 37.4. The molecule has 1 heterocycles. The van der Waals surface area contributed by atoms with Crippen molar-refractivity contribution in [2.45, 2.75) is 11.0 Å². The number of methoxy groups -OCH3 is 1. The lowest BCUT2D eigenvalue weighted by molar-refractivity contribution is 0.0328. The molecule has 1 aromatic heterocycles. The second-order valence-electron chi connectivity index (χ2n) is 4.97. The van der Waals surface area contributed by atoms with Gasteiger partial charge in [0, 0.05) is 11.4 Å². The lowest BCUT2D eigenvalue weighted by Gasteiger charge is -2.17. The Kier molecular flexibility index (Phi) is 7.09. The molecule has 2 N–H and O–H groups in total. The Balaban J connectivity index is 2.07. The van der Waals surface area contributed by atoms with Gasteiger partial charge in [0.15, 0.2) is 0 Å². The molecule has 0 aliphatic carbocycles. The number of ether oxygens (including phenoxy) is 2. The number of thiophene rings is 1. The van der Waals surface area contributed by atoms with Crippen LogP contribution in [0.25, 0.3) is 0 Å². The summed E-state index contributed by atoms with van der Waals surface area (Å²) in [6.45, 7) is -0.0106. The third-order valence-corrected chi connectivity index (χ3v) is 5.72. The molecule has 0 aliphatic rings. The van der Waals surface area contributed by atoms with Gasteiger partial charge in [0.05, 0.1) is 30.8 Å². The van der Waals surface area contributed by atoms with Gasteiger partial charge in [-0.1, -0.05) is 6.07 Å². The van der Waals surface area contributed by atoms with Gasteiger partial charge in [0.25, 0.3) is 0 Å². The summed E-state index contributed by atoms with van der Waals surface area (Å²) >= 11 is 1.44. The Hall–Kier alpha value is -1.78. The molecule has 1 unspecified atom stereocenters. The van der Waals surface area contributed by atoms with E-state index in [0.29, 0.717) is 0 Å². The summed E-state index contributed by atoms with van der Waals surface area (Å²) in [5.74, 6) is -0.535. The van der Waals surface area contributed by atoms with Crippen LogP contribution in [0.4, 0.5) is 0 Å². The number of hydrogen-bond donors (Lipinski definition) is 2. The zero-order valence-corrected chi connectivity index (χ0v) is 15.2. The SMILES string of the molecule is COC(=O)c1ccc(S(=O)(=O)NCC(OCCO)c2cccs2)cc1. The van der Waals surface area contributed by atoms with E-state index < -0.39 is 22.1 Å². The summed E-state index contributed by atoms with van der Waals surface area (Å²) in [6, 6.07) is 9.13. The number of esters is 1. The second kappa shape index (κ2) is 9.07. The van der Waals surface area contributed by atoms with Crippen LogP contribution < -0.4 is 4.72 Å². The predicted octanol–water partition coefficient (Wildman–Crippen LogP) is 1.56. The molecule has 0 bridgehead atoms. The maximum absolute atomic E-state index is 12.4. The standard InChI is InChI=1S/C16H19NO6S2/c1-22-16(19)12-4-6-13(7-5-12)25(20,21)17-11-14(23-9-8-18)15-3-2-10-24-15/h2-7,10,14,17-18H,8-9,11H2,1H3. The predicted molar refractivity (Wildman–Crippen MR) is 93.1 cm³/mol. The van der Waals surface area contributed by atoms with Crippen LogP contribution in [0, 0.1) is 0 Å². The average molecular weight is 385 g/mol. The molecule has 1 atom stereocenters. The van der Waals surface area contributed by atoms with Crippen molar-refractivity contribution >= 4 is 27.3 Å². The Bertz CT molecular complexity index is 771. The monoisotopic (exact) mass is 385 g/mol. The normalized spacial score (nSPS) is 12.7. The minimum absolute atomic E-state index is 0.0294. The Morgan fingerprint density at radius 1 is 1.28 bits per heavy atom. The summed E-state index contributed by atoms with van der Waals surface area (Å²) in [5.41, 5.74) is 0.268. The molecule has 136 valence electrons. The van der Waals surface area contributed by atoms with E-state index in [1.165, 1.54) is 42.7 Å². The van der Waals surface area contributed by atoms with E-state index in [-0.39, 0.29) is 30.2 Å². The van der Waals surface area contributed by atoms with E-state index in [1.54, 1.807) is 0 Å². The fourth-order valence-electron chi connectivity index (χ4n) is 2.07. The zero-order chi connectivity index (χ0) is 18.3. The van der Waals surface area contributed by atoms with E-state index >= 15 is 0 Å². The highest BCUT2D eigenvalue weighted by Gasteiger charge is 2.20. The van der Waals surface area contributed by atoms with Crippen molar-refractivity contribution in [3.63, 3.8) is 0 Å². The van der Waals surface area contributed by atoms with Gasteiger partial charge < -0.3 is 14.6 Å². The fourth-order valence-corrected chi connectivity index (χ4v) is 3.87. The molecule has 0 radical (unpaired) electrons. The lowest BCUT2D eigenvalue weighted by atomic mass is 10.2. The van der Waals surface area contributed by atoms with Crippen LogP contribution in [0.15, 0.2) is 46.7 Å². The van der Waals surface area contributed by atoms with Crippen molar-refractivity contribution in [3.8, 4) is 0 Å². The van der Waals surface area contributed by atoms with Crippen LogP contribution >= 0.6 is 11.3 Å². The molecular formula is C16H19NO6S2. The van der Waals surface area contributed by atoms with E-state index in [0.717, 1.165) is 4.88 Å². The number of aliphatic hydroxyl groups is 1. The zero-order valence-electron chi connectivity index (χ0n) is 13.5. The highest BCUT2D eigenvalue weighted by atomic mass is 32.2. The van der Waals surface area contributed by atoms with Gasteiger partial charge in [-0.05, 0) is 35.7 Å². The number of carbonyl (C=O) groups is 1. The van der Waals surface area contributed by atoms with Crippen molar-refractivity contribution in [1.29, 1.82) is 0 Å². The van der Waals surface area contributed by atoms with Gasteiger partial charge in [0.1, 0.15) is 6.10 Å². The highest BCUT2D eigenvalue weighted by Crippen LogP contribution is 2.22. The van der Waals surface area contributed by atoms with E-state index in [2.05, 4.69) is 9.46 Å². The molecular weight excluding hydrogens is 366 g/mol. The van der Waals surface area contributed by atoms with Crippen molar-refractivity contribution in [2.24, 2.45) is 0 Å². The third-order valence-electron chi connectivity index (χ3n) is 3.32. The molecule has 0 aliphatic heterocycles. The molecule has 1 aromatic carbocycles. The summed E-state index contributed by atoms with van der Waals surface area (Å²) in [7, 11) is -2.51. The Morgan fingerprint density at radius 3 is 2.56 bits per heavy atom. The van der Waals surface area contributed by atoms with Crippen LogP contribution in [-0.4, -0.2) is 46.4 Å². The van der Waals surface area contributed by atoms with Crippen molar-refractivity contribution in [2.75, 3.05) is 26.9 Å². The van der Waals surface area contributed by atoms with Crippen molar-refractivity contribution < 1.29 is 27.8 Å². The molecule has 0 amide bonds. The van der Waals surface area contributed by atoms with E-state index in [1.807, 2.05) is 17.5 Å². The first-order valence-corrected chi connectivity index (χ1v) is 9.78. The van der Waals surface area contributed by atoms with Crippen LogP contribution in [-0.2, 0) is 19.5 Å². The van der Waals surface area contributed by atoms with Crippen molar-refractivity contribution in [3.05, 3.63) is 52.2 Å². The summed E-state index contributed by atoms with van der Waals surface area (Å²) in [5, 5.41) is 10.8. The Labute approximate surface area is 150 Å². The van der Waals surface area contributed by atoms with Crippen LogP contribution in [0.2, 0.25) is 0 Å². The minimum atomic E-state index is -3.76. The number of aliphatic hydroxyl groups excluding tert-OH is 1. The van der Waals surface area contributed by atoms with Crippen LogP contribution in [0.3, 0.4) is 0 Å². The number of carbonyl (C=O) groups excluding carboxylic acids is 1. The molecule has 25 heavy (non-hydrogen) atoms. The molecule has 2 aromatic rings. The van der Waals surface area contributed by atoms with Crippen LogP contribution in [0.5, 0.6) is 0 Å². The molecule has 0 fully saturated rings. The quantitative estimate of drug-likeness (QED) is 0.635. The molecule has 0 spiro atoms. The third kappa shape index (κ3) is 5.35. The number of nitrogens with one attached hydrogen (secondary N) is 1. The van der Waals surface area contributed by atoms with Gasteiger partial charge in [-0.25, -0.2) is 17.9 Å². The first kappa shape index (κ1) is 19.5. The summed E-state index contributed by atoms with van der Waals surface area (Å²) in [6.07, 6.45) is -0.490. The van der Waals surface area contributed by atoms with Gasteiger partial charge in [-0.3, -0.25) is 0 Å². The summed E-state index contributed by atoms with van der Waals surface area (Å²) in [4.78, 5) is 12.3. The fraction of sp³-hybridized carbons (Fsp3) is 0.312. The maximum Gasteiger partial charge on any atom is 0.337 e. The number of hydrogen-bond acceptors (Lipinski definition) is 7. The van der Waals surface area contributed by atoms with Gasteiger partial charge in [0.2, 0.25) is 10.0 Å². The first-order chi connectivity index (χ1) is 12.0. The smallest absolute Gasteiger partial charge is 0.337 e. The maximum atomic E-state index is 12.4. The molecule has 2 rings (SSSR count). The Morgan fingerprint density at radius 2 is 2.00 bits per heavy atom. The number of sulfonamides is 1. The number of rotatable bonds is 9.